The highest BCUT2D eigenvalue weighted by molar-refractivity contribution is 7.11. The van der Waals surface area contributed by atoms with E-state index in [1.807, 2.05) is 20.8 Å². The molecular weight excluding hydrogens is 265 g/mol. The Morgan fingerprint density at radius 1 is 1.32 bits per heavy atom. The number of rotatable bonds is 4. The molecule has 2 rings (SSSR count). The monoisotopic (exact) mass is 281 g/mol. The van der Waals surface area contributed by atoms with Crippen molar-refractivity contribution in [2.45, 2.75) is 26.8 Å². The van der Waals surface area contributed by atoms with Gasteiger partial charge < -0.3 is 10.6 Å². The minimum Gasteiger partial charge on any atom is -0.360 e. The third kappa shape index (κ3) is 2.98. The first-order chi connectivity index (χ1) is 9.01. The quantitative estimate of drug-likeness (QED) is 0.902. The Morgan fingerprint density at radius 3 is 2.63 bits per heavy atom. The Bertz CT molecular complexity index is 583. The van der Waals surface area contributed by atoms with E-state index in [2.05, 4.69) is 25.6 Å². The summed E-state index contributed by atoms with van der Waals surface area (Å²) in [4.78, 5) is 13.3. The van der Waals surface area contributed by atoms with Gasteiger partial charge in [-0.3, -0.25) is 0 Å². The molecule has 102 valence electrons. The first-order valence-electron chi connectivity index (χ1n) is 5.92. The van der Waals surface area contributed by atoms with Gasteiger partial charge in [0, 0.05) is 11.9 Å². The molecule has 2 N–H and O–H groups in total. The van der Waals surface area contributed by atoms with Gasteiger partial charge in [-0.25, -0.2) is 14.4 Å². The zero-order valence-corrected chi connectivity index (χ0v) is 12.1. The Kier molecular flexibility index (Phi) is 3.94. The van der Waals surface area contributed by atoms with Crippen LogP contribution in [0.4, 0.5) is 16.2 Å². The number of hydrogen-bond acceptors (Lipinski definition) is 6. The van der Waals surface area contributed by atoms with Crippen LogP contribution >= 0.6 is 11.3 Å². The predicted octanol–water partition coefficient (Wildman–Crippen LogP) is 2.90. The lowest BCUT2D eigenvalue weighted by Gasteiger charge is -2.14. The summed E-state index contributed by atoms with van der Waals surface area (Å²) in [5.41, 5.74) is 0.964. The van der Waals surface area contributed by atoms with E-state index in [1.54, 1.807) is 18.4 Å². The normalized spacial score (nSPS) is 12.3. The predicted molar refractivity (Wildman–Crippen MR) is 75.2 cm³/mol. The molecule has 0 radical (unpaired) electrons. The zero-order chi connectivity index (χ0) is 14.0. The molecule has 0 saturated heterocycles. The van der Waals surface area contributed by atoms with Crippen molar-refractivity contribution < 1.29 is 4.39 Å². The van der Waals surface area contributed by atoms with Crippen LogP contribution in [0.1, 0.15) is 28.5 Å². The van der Waals surface area contributed by atoms with E-state index >= 15 is 0 Å². The molecule has 0 aromatic carbocycles. The van der Waals surface area contributed by atoms with Crippen molar-refractivity contribution in [1.29, 1.82) is 0 Å². The molecule has 2 heterocycles. The van der Waals surface area contributed by atoms with Crippen molar-refractivity contribution in [1.82, 2.24) is 15.0 Å². The second-order valence-corrected chi connectivity index (χ2v) is 5.42. The van der Waals surface area contributed by atoms with Gasteiger partial charge in [0.15, 0.2) is 11.6 Å². The van der Waals surface area contributed by atoms with Crippen molar-refractivity contribution in [3.8, 4) is 0 Å². The molecule has 2 aromatic rings. The fourth-order valence-electron chi connectivity index (χ4n) is 1.81. The summed E-state index contributed by atoms with van der Waals surface area (Å²) < 4.78 is 13.7. The minimum atomic E-state index is -0.468. The maximum Gasteiger partial charge on any atom is 0.224 e. The van der Waals surface area contributed by atoms with E-state index in [0.717, 1.165) is 21.8 Å². The third-order valence-corrected chi connectivity index (χ3v) is 3.91. The number of aromatic nitrogens is 3. The largest absolute Gasteiger partial charge is 0.360 e. The van der Waals surface area contributed by atoms with Crippen LogP contribution in [0.5, 0.6) is 0 Å². The van der Waals surface area contributed by atoms with E-state index in [4.69, 9.17) is 0 Å². The molecule has 1 atom stereocenters. The number of nitrogens with zero attached hydrogens (tertiary/aromatic N) is 3. The highest BCUT2D eigenvalue weighted by Crippen LogP contribution is 2.27. The van der Waals surface area contributed by atoms with Crippen LogP contribution < -0.4 is 10.6 Å². The maximum atomic E-state index is 13.7. The number of hydrogen-bond donors (Lipinski definition) is 2. The molecule has 0 fully saturated rings. The highest BCUT2D eigenvalue weighted by atomic mass is 32.1. The summed E-state index contributed by atoms with van der Waals surface area (Å²) in [7, 11) is 1.69. The Morgan fingerprint density at radius 2 is 2.05 bits per heavy atom. The number of nitrogens with one attached hydrogen (secondary N) is 2. The lowest BCUT2D eigenvalue weighted by Crippen LogP contribution is -2.11. The summed E-state index contributed by atoms with van der Waals surface area (Å²) in [6.45, 7) is 5.87. The van der Waals surface area contributed by atoms with Crippen molar-refractivity contribution in [2.75, 3.05) is 17.7 Å². The van der Waals surface area contributed by atoms with Gasteiger partial charge in [-0.2, -0.15) is 4.98 Å². The molecule has 0 bridgehead atoms. The molecule has 0 aliphatic heterocycles. The summed E-state index contributed by atoms with van der Waals surface area (Å²) in [5.74, 6) is 0.107. The Balaban J connectivity index is 2.23. The number of thiazole rings is 1. The van der Waals surface area contributed by atoms with Gasteiger partial charge in [0.05, 0.1) is 22.9 Å². The van der Waals surface area contributed by atoms with E-state index in [9.17, 15) is 4.39 Å². The molecule has 5 nitrogen and oxygen atoms in total. The third-order valence-electron chi connectivity index (χ3n) is 2.65. The Hall–Kier alpha value is -1.76. The summed E-state index contributed by atoms with van der Waals surface area (Å²) in [6, 6.07) is -0.0553. The van der Waals surface area contributed by atoms with Crippen molar-refractivity contribution in [2.24, 2.45) is 0 Å². The van der Waals surface area contributed by atoms with Crippen molar-refractivity contribution >= 4 is 23.1 Å². The van der Waals surface area contributed by atoms with Crippen LogP contribution in [-0.4, -0.2) is 22.0 Å². The Labute approximate surface area is 115 Å². The minimum absolute atomic E-state index is 0.0553. The smallest absolute Gasteiger partial charge is 0.224 e. The van der Waals surface area contributed by atoms with Crippen LogP contribution in [0.15, 0.2) is 6.20 Å². The van der Waals surface area contributed by atoms with Crippen LogP contribution in [0.2, 0.25) is 0 Å². The van der Waals surface area contributed by atoms with Crippen molar-refractivity contribution in [3.63, 3.8) is 0 Å². The standard InChI is InChI=1S/C12H16FN5S/c1-6-10(19-8(3)16-6)7(2)17-11-9(13)5-15-12(14-4)18-11/h5,7H,1-4H3,(H2,14,15,17,18). The summed E-state index contributed by atoms with van der Waals surface area (Å²) in [6.07, 6.45) is 1.15. The van der Waals surface area contributed by atoms with E-state index < -0.39 is 5.82 Å². The first kappa shape index (κ1) is 13.7. The fraction of sp³-hybridized carbons (Fsp3) is 0.417. The van der Waals surface area contributed by atoms with Crippen LogP contribution in [0, 0.1) is 19.7 Å². The van der Waals surface area contributed by atoms with Gasteiger partial charge in [-0.15, -0.1) is 11.3 Å². The molecule has 0 aliphatic carbocycles. The van der Waals surface area contributed by atoms with Crippen LogP contribution in [0.25, 0.3) is 0 Å². The average Bonchev–Trinajstić information content (AvgIpc) is 2.71. The molecule has 19 heavy (non-hydrogen) atoms. The van der Waals surface area contributed by atoms with E-state index in [1.165, 1.54) is 0 Å². The molecule has 2 aromatic heterocycles. The second kappa shape index (κ2) is 5.48. The topological polar surface area (TPSA) is 62.7 Å². The number of aryl methyl sites for hydroxylation is 2. The summed E-state index contributed by atoms with van der Waals surface area (Å²) >= 11 is 1.60. The second-order valence-electron chi connectivity index (χ2n) is 4.19. The molecular formula is C12H16FN5S. The molecule has 0 spiro atoms. The van der Waals surface area contributed by atoms with Gasteiger partial charge in [-0.1, -0.05) is 0 Å². The molecule has 1 unspecified atom stereocenters. The van der Waals surface area contributed by atoms with Gasteiger partial charge in [0.1, 0.15) is 0 Å². The SMILES string of the molecule is CNc1ncc(F)c(NC(C)c2sc(C)nc2C)n1. The fourth-order valence-corrected chi connectivity index (χ4v) is 2.74. The van der Waals surface area contributed by atoms with E-state index in [-0.39, 0.29) is 11.9 Å². The van der Waals surface area contributed by atoms with E-state index in [0.29, 0.717) is 5.95 Å². The summed E-state index contributed by atoms with van der Waals surface area (Å²) in [5, 5.41) is 6.84. The van der Waals surface area contributed by atoms with Crippen molar-refractivity contribution in [3.05, 3.63) is 27.6 Å². The first-order valence-corrected chi connectivity index (χ1v) is 6.73. The molecule has 0 amide bonds. The molecule has 0 aliphatic rings. The van der Waals surface area contributed by atoms with Crippen LogP contribution in [-0.2, 0) is 0 Å². The van der Waals surface area contributed by atoms with Gasteiger partial charge in [0.2, 0.25) is 5.95 Å². The maximum absolute atomic E-state index is 13.7. The highest BCUT2D eigenvalue weighted by Gasteiger charge is 2.15. The number of halogens is 1. The number of anilines is 2. The lowest BCUT2D eigenvalue weighted by molar-refractivity contribution is 0.614. The molecule has 0 saturated carbocycles. The van der Waals surface area contributed by atoms with Gasteiger partial charge >= 0.3 is 0 Å². The lowest BCUT2D eigenvalue weighted by atomic mass is 10.2. The zero-order valence-electron chi connectivity index (χ0n) is 11.3. The van der Waals surface area contributed by atoms with Gasteiger partial charge in [0.25, 0.3) is 0 Å². The average molecular weight is 281 g/mol. The van der Waals surface area contributed by atoms with Gasteiger partial charge in [-0.05, 0) is 20.8 Å². The molecule has 7 heteroatoms. The van der Waals surface area contributed by atoms with Crippen LogP contribution in [0.3, 0.4) is 0 Å².